The Hall–Kier alpha value is -2.39. The highest BCUT2D eigenvalue weighted by Gasteiger charge is 2.26. The molecule has 0 atom stereocenters. The average Bonchev–Trinajstić information content (AvgIpc) is 2.66. The minimum atomic E-state index is -4.70. The van der Waals surface area contributed by atoms with Gasteiger partial charge in [-0.1, -0.05) is 46.9 Å². The Morgan fingerprint density at radius 2 is 1.52 bits per heavy atom. The molecular formula is C20H13Cl3F2N2O3S. The van der Waals surface area contributed by atoms with Crippen molar-refractivity contribution in [2.24, 2.45) is 0 Å². The molecule has 0 unspecified atom stereocenters. The van der Waals surface area contributed by atoms with E-state index in [0.29, 0.717) is 15.6 Å². The lowest BCUT2D eigenvalue weighted by Gasteiger charge is -2.14. The Morgan fingerprint density at radius 3 is 2.16 bits per heavy atom. The number of benzene rings is 3. The molecule has 1 amide bonds. The van der Waals surface area contributed by atoms with E-state index in [-0.39, 0.29) is 22.8 Å². The minimum Gasteiger partial charge on any atom is -0.348 e. The van der Waals surface area contributed by atoms with Gasteiger partial charge in [0, 0.05) is 21.6 Å². The SMILES string of the molecule is O=C(NCc1ccc(Cl)cc1Cl)c1ccc(Cl)cc1NS(=O)(=O)c1c(F)cccc1F. The van der Waals surface area contributed by atoms with E-state index < -0.39 is 32.5 Å². The van der Waals surface area contributed by atoms with Gasteiger partial charge >= 0.3 is 0 Å². The van der Waals surface area contributed by atoms with Crippen molar-refractivity contribution in [3.05, 3.63) is 92.4 Å². The van der Waals surface area contributed by atoms with Gasteiger partial charge in [-0.15, -0.1) is 0 Å². The van der Waals surface area contributed by atoms with E-state index in [9.17, 15) is 22.0 Å². The highest BCUT2D eigenvalue weighted by Crippen LogP contribution is 2.27. The van der Waals surface area contributed by atoms with Crippen molar-refractivity contribution >= 4 is 56.4 Å². The molecule has 0 bridgehead atoms. The van der Waals surface area contributed by atoms with Crippen LogP contribution in [0.5, 0.6) is 0 Å². The van der Waals surface area contributed by atoms with Gasteiger partial charge in [0.1, 0.15) is 11.6 Å². The van der Waals surface area contributed by atoms with Crippen molar-refractivity contribution in [3.8, 4) is 0 Å². The molecule has 0 heterocycles. The van der Waals surface area contributed by atoms with E-state index >= 15 is 0 Å². The molecule has 0 aliphatic heterocycles. The molecular weight excluding hydrogens is 493 g/mol. The number of carbonyl (C=O) groups is 1. The van der Waals surface area contributed by atoms with Crippen LogP contribution in [0.3, 0.4) is 0 Å². The summed E-state index contributed by atoms with van der Waals surface area (Å²) in [6, 6.07) is 11.2. The number of carbonyl (C=O) groups excluding carboxylic acids is 1. The summed E-state index contributed by atoms with van der Waals surface area (Å²) in [6.07, 6.45) is 0. The van der Waals surface area contributed by atoms with Crippen molar-refractivity contribution in [1.82, 2.24) is 5.32 Å². The second-order valence-electron chi connectivity index (χ2n) is 6.26. The lowest BCUT2D eigenvalue weighted by Crippen LogP contribution is -2.25. The van der Waals surface area contributed by atoms with Gasteiger partial charge in [0.25, 0.3) is 15.9 Å². The van der Waals surface area contributed by atoms with Crippen LogP contribution in [0.15, 0.2) is 59.5 Å². The van der Waals surface area contributed by atoms with Crippen LogP contribution < -0.4 is 10.0 Å². The van der Waals surface area contributed by atoms with E-state index in [1.807, 2.05) is 4.72 Å². The lowest BCUT2D eigenvalue weighted by atomic mass is 10.1. The standard InChI is InChI=1S/C20H13Cl3F2N2O3S/c21-12-5-4-11(15(23)8-12)10-26-20(28)14-7-6-13(22)9-18(14)27-31(29,30)19-16(24)2-1-3-17(19)25/h1-9,27H,10H2,(H,26,28). The van der Waals surface area contributed by atoms with Gasteiger partial charge in [0.15, 0.2) is 4.90 Å². The summed E-state index contributed by atoms with van der Waals surface area (Å²) in [5.41, 5.74) is 0.202. The van der Waals surface area contributed by atoms with Gasteiger partial charge in [0.05, 0.1) is 11.3 Å². The zero-order valence-corrected chi connectivity index (χ0v) is 18.5. The summed E-state index contributed by atoms with van der Waals surface area (Å²) >= 11 is 17.8. The van der Waals surface area contributed by atoms with Crippen LogP contribution in [0.4, 0.5) is 14.5 Å². The van der Waals surface area contributed by atoms with Crippen molar-refractivity contribution in [1.29, 1.82) is 0 Å². The van der Waals surface area contributed by atoms with Crippen molar-refractivity contribution in [2.75, 3.05) is 4.72 Å². The summed E-state index contributed by atoms with van der Waals surface area (Å²) in [6.45, 7) is 0.0194. The van der Waals surface area contributed by atoms with Crippen molar-refractivity contribution in [3.63, 3.8) is 0 Å². The summed E-state index contributed by atoms with van der Waals surface area (Å²) in [5, 5.41) is 3.45. The lowest BCUT2D eigenvalue weighted by molar-refractivity contribution is 0.0952. The van der Waals surface area contributed by atoms with Gasteiger partial charge in [-0.05, 0) is 48.0 Å². The highest BCUT2D eigenvalue weighted by atomic mass is 35.5. The maximum absolute atomic E-state index is 14.0. The second-order valence-corrected chi connectivity index (χ2v) is 9.16. The number of anilines is 1. The van der Waals surface area contributed by atoms with Crippen molar-refractivity contribution in [2.45, 2.75) is 11.4 Å². The highest BCUT2D eigenvalue weighted by molar-refractivity contribution is 7.92. The normalized spacial score (nSPS) is 11.3. The Balaban J connectivity index is 1.89. The number of hydrogen-bond acceptors (Lipinski definition) is 3. The molecule has 162 valence electrons. The zero-order valence-electron chi connectivity index (χ0n) is 15.4. The topological polar surface area (TPSA) is 75.3 Å². The zero-order chi connectivity index (χ0) is 22.8. The van der Waals surface area contributed by atoms with Crippen molar-refractivity contribution < 1.29 is 22.0 Å². The molecule has 3 aromatic carbocycles. The number of rotatable bonds is 6. The smallest absolute Gasteiger partial charge is 0.267 e. The van der Waals surface area contributed by atoms with Gasteiger partial charge in [-0.3, -0.25) is 9.52 Å². The molecule has 0 aliphatic rings. The summed E-state index contributed by atoms with van der Waals surface area (Å²) in [4.78, 5) is 11.5. The molecule has 5 nitrogen and oxygen atoms in total. The Labute approximate surface area is 192 Å². The first-order chi connectivity index (χ1) is 14.6. The number of halogens is 5. The fourth-order valence-corrected chi connectivity index (χ4v) is 4.53. The monoisotopic (exact) mass is 504 g/mol. The van der Waals surface area contributed by atoms with E-state index in [2.05, 4.69) is 5.32 Å². The first kappa shape index (κ1) is 23.3. The van der Waals surface area contributed by atoms with Crippen LogP contribution in [0, 0.1) is 11.6 Å². The first-order valence-electron chi connectivity index (χ1n) is 8.57. The number of nitrogens with one attached hydrogen (secondary N) is 2. The number of hydrogen-bond donors (Lipinski definition) is 2. The fraction of sp³-hybridized carbons (Fsp3) is 0.0500. The van der Waals surface area contributed by atoms with E-state index in [1.165, 1.54) is 18.2 Å². The molecule has 11 heteroatoms. The molecule has 3 rings (SSSR count). The van der Waals surface area contributed by atoms with Gasteiger partial charge in [-0.25, -0.2) is 17.2 Å². The molecule has 0 radical (unpaired) electrons. The Kier molecular flexibility index (Phi) is 7.06. The van der Waals surface area contributed by atoms with Crippen LogP contribution >= 0.6 is 34.8 Å². The van der Waals surface area contributed by atoms with Crippen LogP contribution in [0.25, 0.3) is 0 Å². The van der Waals surface area contributed by atoms with E-state index in [0.717, 1.165) is 24.3 Å². The molecule has 0 fully saturated rings. The third-order valence-corrected chi connectivity index (χ3v) is 6.35. The summed E-state index contributed by atoms with van der Waals surface area (Å²) in [7, 11) is -4.70. The Morgan fingerprint density at radius 1 is 0.903 bits per heavy atom. The fourth-order valence-electron chi connectivity index (χ4n) is 2.67. The molecule has 2 N–H and O–H groups in total. The third kappa shape index (κ3) is 5.46. The summed E-state index contributed by atoms with van der Waals surface area (Å²) in [5.74, 6) is -3.23. The predicted octanol–water partition coefficient (Wildman–Crippen LogP) is 5.66. The molecule has 0 aromatic heterocycles. The molecule has 31 heavy (non-hydrogen) atoms. The van der Waals surface area contributed by atoms with Crippen LogP contribution in [-0.4, -0.2) is 14.3 Å². The molecule has 0 saturated heterocycles. The summed E-state index contributed by atoms with van der Waals surface area (Å²) < 4.78 is 55.2. The van der Waals surface area contributed by atoms with Gasteiger partial charge in [-0.2, -0.15) is 0 Å². The Bertz CT molecular complexity index is 1250. The maximum Gasteiger partial charge on any atom is 0.267 e. The second kappa shape index (κ2) is 9.40. The van der Waals surface area contributed by atoms with Crippen LogP contribution in [0.1, 0.15) is 15.9 Å². The van der Waals surface area contributed by atoms with Crippen LogP contribution in [-0.2, 0) is 16.6 Å². The first-order valence-corrected chi connectivity index (χ1v) is 11.2. The van der Waals surface area contributed by atoms with E-state index in [1.54, 1.807) is 12.1 Å². The minimum absolute atomic E-state index is 0.0194. The maximum atomic E-state index is 14.0. The quantitative estimate of drug-likeness (QED) is 0.454. The molecule has 3 aromatic rings. The largest absolute Gasteiger partial charge is 0.348 e. The van der Waals surface area contributed by atoms with Gasteiger partial charge in [0.2, 0.25) is 0 Å². The number of sulfonamides is 1. The molecule has 0 aliphatic carbocycles. The average molecular weight is 506 g/mol. The third-order valence-electron chi connectivity index (χ3n) is 4.11. The van der Waals surface area contributed by atoms with E-state index in [4.69, 9.17) is 34.8 Å². The van der Waals surface area contributed by atoms with Crippen LogP contribution in [0.2, 0.25) is 15.1 Å². The molecule has 0 saturated carbocycles. The predicted molar refractivity (Wildman–Crippen MR) is 116 cm³/mol. The number of amides is 1. The van der Waals surface area contributed by atoms with Gasteiger partial charge < -0.3 is 5.32 Å². The molecule has 0 spiro atoms.